The van der Waals surface area contributed by atoms with Gasteiger partial charge in [-0.1, -0.05) is 31.2 Å². The third kappa shape index (κ3) is 4.80. The third-order valence-electron chi connectivity index (χ3n) is 5.28. The first-order valence-corrected chi connectivity index (χ1v) is 10.5. The highest BCUT2D eigenvalue weighted by atomic mass is 16.5. The number of aliphatic hydroxyl groups excluding tert-OH is 1. The van der Waals surface area contributed by atoms with Crippen LogP contribution in [0, 0.1) is 0 Å². The summed E-state index contributed by atoms with van der Waals surface area (Å²) >= 11 is 0. The quantitative estimate of drug-likeness (QED) is 0.393. The first-order valence-electron chi connectivity index (χ1n) is 10.5. The predicted octanol–water partition coefficient (Wildman–Crippen LogP) is 4.10. The number of carbonyl (C=O) groups is 2. The lowest BCUT2D eigenvalue weighted by atomic mass is 9.94. The van der Waals surface area contributed by atoms with Gasteiger partial charge < -0.3 is 19.5 Å². The molecule has 0 saturated carbocycles. The van der Waals surface area contributed by atoms with Crippen LogP contribution in [-0.4, -0.2) is 48.1 Å². The monoisotopic (exact) mass is 423 g/mol. The van der Waals surface area contributed by atoms with Crippen LogP contribution >= 0.6 is 0 Å². The van der Waals surface area contributed by atoms with Crippen LogP contribution in [0.3, 0.4) is 0 Å². The van der Waals surface area contributed by atoms with Gasteiger partial charge in [-0.2, -0.15) is 0 Å². The Bertz CT molecular complexity index is 960. The van der Waals surface area contributed by atoms with E-state index in [2.05, 4.69) is 6.92 Å². The van der Waals surface area contributed by atoms with Crippen molar-refractivity contribution in [2.75, 3.05) is 20.3 Å². The van der Waals surface area contributed by atoms with Gasteiger partial charge in [0.25, 0.3) is 11.7 Å². The lowest BCUT2D eigenvalue weighted by Gasteiger charge is -2.25. The molecule has 31 heavy (non-hydrogen) atoms. The molecule has 6 nitrogen and oxygen atoms in total. The summed E-state index contributed by atoms with van der Waals surface area (Å²) in [6.07, 6.45) is 0.909. The highest BCUT2D eigenvalue weighted by Gasteiger charge is 2.45. The van der Waals surface area contributed by atoms with E-state index >= 15 is 0 Å². The molecule has 1 aliphatic rings. The molecule has 1 saturated heterocycles. The fourth-order valence-electron chi connectivity index (χ4n) is 3.70. The average Bonchev–Trinajstić information content (AvgIpc) is 3.02. The Morgan fingerprint density at radius 1 is 1.06 bits per heavy atom. The number of carbonyl (C=O) groups excluding carboxylic acids is 2. The van der Waals surface area contributed by atoms with Gasteiger partial charge >= 0.3 is 0 Å². The first kappa shape index (κ1) is 22.6. The number of hydrogen-bond acceptors (Lipinski definition) is 5. The minimum atomic E-state index is -0.694. The van der Waals surface area contributed by atoms with E-state index < -0.39 is 17.7 Å². The second kappa shape index (κ2) is 9.79. The Balaban J connectivity index is 2.06. The normalized spacial score (nSPS) is 18.1. The summed E-state index contributed by atoms with van der Waals surface area (Å²) in [7, 11) is 1.54. The number of benzene rings is 2. The summed E-state index contributed by atoms with van der Waals surface area (Å²) in [6.45, 7) is 6.46. The topological polar surface area (TPSA) is 76.1 Å². The van der Waals surface area contributed by atoms with Crippen LogP contribution in [-0.2, 0) is 20.7 Å². The Morgan fingerprint density at radius 3 is 2.26 bits per heavy atom. The van der Waals surface area contributed by atoms with Gasteiger partial charge in [0.05, 0.1) is 24.3 Å². The van der Waals surface area contributed by atoms with E-state index in [0.29, 0.717) is 11.3 Å². The number of methoxy groups -OCH3 is 1. The van der Waals surface area contributed by atoms with Crippen molar-refractivity contribution in [3.05, 3.63) is 70.8 Å². The van der Waals surface area contributed by atoms with E-state index in [9.17, 15) is 14.7 Å². The maximum atomic E-state index is 12.9. The van der Waals surface area contributed by atoms with Crippen molar-refractivity contribution in [2.45, 2.75) is 39.3 Å². The second-order valence-electron chi connectivity index (χ2n) is 7.77. The third-order valence-corrected chi connectivity index (χ3v) is 5.28. The average molecular weight is 424 g/mol. The Labute approximate surface area is 183 Å². The van der Waals surface area contributed by atoms with Crippen LogP contribution in [0.4, 0.5) is 0 Å². The Morgan fingerprint density at radius 2 is 1.71 bits per heavy atom. The highest BCUT2D eigenvalue weighted by molar-refractivity contribution is 6.46. The summed E-state index contributed by atoms with van der Waals surface area (Å²) in [5.41, 5.74) is 2.46. The minimum absolute atomic E-state index is 0.0247. The van der Waals surface area contributed by atoms with Crippen molar-refractivity contribution in [3.8, 4) is 5.75 Å². The number of Topliss-reactive ketones (excluding diaryl/α,β-unsaturated/α-hetero) is 1. The van der Waals surface area contributed by atoms with E-state index in [-0.39, 0.29) is 30.6 Å². The van der Waals surface area contributed by atoms with E-state index in [1.165, 1.54) is 4.90 Å². The van der Waals surface area contributed by atoms with Gasteiger partial charge in [0.15, 0.2) is 0 Å². The van der Waals surface area contributed by atoms with Crippen LogP contribution in [0.15, 0.2) is 54.1 Å². The molecule has 1 atom stereocenters. The van der Waals surface area contributed by atoms with Gasteiger partial charge in [-0.15, -0.1) is 0 Å². The van der Waals surface area contributed by atoms with Crippen molar-refractivity contribution >= 4 is 17.4 Å². The summed E-state index contributed by atoms with van der Waals surface area (Å²) in [5.74, 6) is -0.860. The number of hydrogen-bond donors (Lipinski definition) is 1. The molecule has 1 heterocycles. The molecule has 0 spiro atoms. The molecular weight excluding hydrogens is 394 g/mol. The molecular formula is C25H29NO5. The molecule has 6 heteroatoms. The lowest BCUT2D eigenvalue weighted by Crippen LogP contribution is -2.32. The number of rotatable bonds is 8. The largest absolute Gasteiger partial charge is 0.507 e. The minimum Gasteiger partial charge on any atom is -0.507 e. The molecule has 0 bridgehead atoms. The van der Waals surface area contributed by atoms with Crippen molar-refractivity contribution in [2.24, 2.45) is 0 Å². The molecule has 1 aliphatic heterocycles. The van der Waals surface area contributed by atoms with Gasteiger partial charge in [-0.05, 0) is 55.7 Å². The van der Waals surface area contributed by atoms with E-state index in [0.717, 1.165) is 17.5 Å². The fraction of sp³-hybridized carbons (Fsp3) is 0.360. The molecule has 1 amide bonds. The standard InChI is InChI=1S/C25H29NO5/c1-5-17-6-8-18(9-7-17)22-21(24(28)25(29)26(22)14-15-30-4)23(27)19-10-12-20(13-11-19)31-16(2)3/h6-13,16,22,27H,5,14-15H2,1-4H3/b23-21-. The molecule has 2 aromatic rings. The Hall–Kier alpha value is -3.12. The zero-order valence-electron chi connectivity index (χ0n) is 18.4. The maximum Gasteiger partial charge on any atom is 0.295 e. The Kier molecular flexibility index (Phi) is 7.13. The van der Waals surface area contributed by atoms with Gasteiger partial charge in [0.1, 0.15) is 11.5 Å². The molecule has 1 unspecified atom stereocenters. The SMILES string of the molecule is CCc1ccc(C2/C(=C(/O)c3ccc(OC(C)C)cc3)C(=O)C(=O)N2CCOC)cc1. The number of likely N-dealkylation sites (tertiary alicyclic amines) is 1. The summed E-state index contributed by atoms with van der Waals surface area (Å²) < 4.78 is 10.8. The van der Waals surface area contributed by atoms with E-state index in [4.69, 9.17) is 9.47 Å². The summed E-state index contributed by atoms with van der Waals surface area (Å²) in [4.78, 5) is 27.2. The van der Waals surface area contributed by atoms with Crippen LogP contribution in [0.1, 0.15) is 43.5 Å². The number of aliphatic hydroxyl groups is 1. The number of nitrogens with zero attached hydrogens (tertiary/aromatic N) is 1. The van der Waals surface area contributed by atoms with Crippen LogP contribution in [0.2, 0.25) is 0 Å². The summed E-state index contributed by atoms with van der Waals surface area (Å²) in [5, 5.41) is 11.1. The molecule has 3 rings (SSSR count). The van der Waals surface area contributed by atoms with Crippen molar-refractivity contribution in [3.63, 3.8) is 0 Å². The van der Waals surface area contributed by atoms with Gasteiger partial charge in [0.2, 0.25) is 0 Å². The van der Waals surface area contributed by atoms with Crippen molar-refractivity contribution < 1.29 is 24.2 Å². The zero-order chi connectivity index (χ0) is 22.5. The zero-order valence-corrected chi connectivity index (χ0v) is 18.4. The number of aryl methyl sites for hydroxylation is 1. The van der Waals surface area contributed by atoms with Crippen LogP contribution in [0.25, 0.3) is 5.76 Å². The number of ketones is 1. The molecule has 0 radical (unpaired) electrons. The lowest BCUT2D eigenvalue weighted by molar-refractivity contribution is -0.140. The van der Waals surface area contributed by atoms with Crippen molar-refractivity contribution in [1.82, 2.24) is 4.90 Å². The summed E-state index contributed by atoms with van der Waals surface area (Å²) in [6, 6.07) is 13.9. The van der Waals surface area contributed by atoms with E-state index in [1.807, 2.05) is 38.1 Å². The predicted molar refractivity (Wildman–Crippen MR) is 119 cm³/mol. The number of ether oxygens (including phenoxy) is 2. The first-order chi connectivity index (χ1) is 14.9. The van der Waals surface area contributed by atoms with Crippen molar-refractivity contribution in [1.29, 1.82) is 0 Å². The van der Waals surface area contributed by atoms with Crippen LogP contribution in [0.5, 0.6) is 5.75 Å². The molecule has 1 fully saturated rings. The van der Waals surface area contributed by atoms with E-state index in [1.54, 1.807) is 31.4 Å². The second-order valence-corrected chi connectivity index (χ2v) is 7.77. The highest BCUT2D eigenvalue weighted by Crippen LogP contribution is 2.39. The van der Waals surface area contributed by atoms with Gasteiger partial charge in [-0.25, -0.2) is 0 Å². The molecule has 1 N–H and O–H groups in total. The fourth-order valence-corrected chi connectivity index (χ4v) is 3.70. The molecule has 164 valence electrons. The number of amides is 1. The molecule has 0 aromatic heterocycles. The van der Waals surface area contributed by atoms with Gasteiger partial charge in [0, 0.05) is 19.2 Å². The molecule has 0 aliphatic carbocycles. The molecule has 2 aromatic carbocycles. The maximum absolute atomic E-state index is 12.9. The van der Waals surface area contributed by atoms with Crippen LogP contribution < -0.4 is 4.74 Å². The van der Waals surface area contributed by atoms with Gasteiger partial charge in [-0.3, -0.25) is 9.59 Å². The smallest absolute Gasteiger partial charge is 0.295 e.